The zero-order valence-electron chi connectivity index (χ0n) is 17.0. The van der Waals surface area contributed by atoms with Gasteiger partial charge >= 0.3 is 0 Å². The molecular formula is C23H29ClN4O. The highest BCUT2D eigenvalue weighted by Crippen LogP contribution is 2.32. The number of fused-ring (bicyclic) bond motifs is 1. The Hall–Kier alpha value is -2.37. The molecule has 1 aliphatic heterocycles. The number of imidazole rings is 1. The Balaban J connectivity index is 0.00000240. The van der Waals surface area contributed by atoms with Crippen LogP contribution in [0.15, 0.2) is 48.5 Å². The quantitative estimate of drug-likeness (QED) is 0.685. The fourth-order valence-corrected chi connectivity index (χ4v) is 4.23. The maximum Gasteiger partial charge on any atom is 0.253 e. The second-order valence-corrected chi connectivity index (χ2v) is 7.91. The first-order valence-electron chi connectivity index (χ1n) is 10.1. The maximum absolute atomic E-state index is 13.0. The van der Waals surface area contributed by atoms with E-state index in [4.69, 9.17) is 10.7 Å². The Labute approximate surface area is 178 Å². The zero-order chi connectivity index (χ0) is 19.7. The van der Waals surface area contributed by atoms with Crippen LogP contribution in [0.5, 0.6) is 0 Å². The van der Waals surface area contributed by atoms with Gasteiger partial charge in [-0.25, -0.2) is 4.98 Å². The Kier molecular flexibility index (Phi) is 6.60. The van der Waals surface area contributed by atoms with Crippen molar-refractivity contribution in [3.05, 3.63) is 65.5 Å². The van der Waals surface area contributed by atoms with Crippen molar-refractivity contribution < 1.29 is 4.79 Å². The molecule has 0 spiro atoms. The topological polar surface area (TPSA) is 64.2 Å². The minimum Gasteiger partial charge on any atom is -0.338 e. The van der Waals surface area contributed by atoms with Crippen molar-refractivity contribution in [3.8, 4) is 0 Å². The first-order valence-corrected chi connectivity index (χ1v) is 10.1. The summed E-state index contributed by atoms with van der Waals surface area (Å²) in [7, 11) is 0. The number of hydrogen-bond acceptors (Lipinski definition) is 3. The number of carbonyl (C=O) groups is 1. The summed E-state index contributed by atoms with van der Waals surface area (Å²) in [6.45, 7) is 6.40. The highest BCUT2D eigenvalue weighted by molar-refractivity contribution is 5.94. The van der Waals surface area contributed by atoms with Crippen molar-refractivity contribution in [1.29, 1.82) is 0 Å². The van der Waals surface area contributed by atoms with Gasteiger partial charge in [-0.2, -0.15) is 0 Å². The van der Waals surface area contributed by atoms with Crippen LogP contribution in [0.3, 0.4) is 0 Å². The van der Waals surface area contributed by atoms with E-state index in [9.17, 15) is 4.79 Å². The Morgan fingerprint density at radius 1 is 1.17 bits per heavy atom. The number of nitrogens with zero attached hydrogens (tertiary/aromatic N) is 3. The van der Waals surface area contributed by atoms with Gasteiger partial charge in [0.25, 0.3) is 5.91 Å². The predicted molar refractivity (Wildman–Crippen MR) is 120 cm³/mol. The van der Waals surface area contributed by atoms with Crippen LogP contribution < -0.4 is 5.73 Å². The molecule has 2 aromatic carbocycles. The van der Waals surface area contributed by atoms with E-state index in [1.165, 1.54) is 5.52 Å². The molecule has 6 heteroatoms. The second-order valence-electron chi connectivity index (χ2n) is 7.91. The van der Waals surface area contributed by atoms with E-state index >= 15 is 0 Å². The van der Waals surface area contributed by atoms with Gasteiger partial charge in [0.1, 0.15) is 5.82 Å². The van der Waals surface area contributed by atoms with E-state index in [1.807, 2.05) is 35.2 Å². The van der Waals surface area contributed by atoms with Crippen LogP contribution >= 0.6 is 12.4 Å². The van der Waals surface area contributed by atoms with E-state index in [0.717, 1.165) is 41.9 Å². The van der Waals surface area contributed by atoms with E-state index in [-0.39, 0.29) is 24.2 Å². The van der Waals surface area contributed by atoms with Gasteiger partial charge < -0.3 is 15.2 Å². The van der Waals surface area contributed by atoms with Crippen LogP contribution in [0, 0.1) is 0 Å². The van der Waals surface area contributed by atoms with Crippen LogP contribution in [-0.4, -0.2) is 33.4 Å². The number of hydrogen-bond donors (Lipinski definition) is 1. The molecule has 3 aromatic rings. The van der Waals surface area contributed by atoms with Gasteiger partial charge in [-0.3, -0.25) is 4.79 Å². The van der Waals surface area contributed by atoms with Crippen molar-refractivity contribution >= 4 is 29.3 Å². The number of para-hydroxylation sites is 2. The summed E-state index contributed by atoms with van der Waals surface area (Å²) in [6, 6.07) is 16.3. The van der Waals surface area contributed by atoms with Crippen LogP contribution in [0.1, 0.15) is 60.4 Å². The van der Waals surface area contributed by atoms with Gasteiger partial charge in [0.2, 0.25) is 0 Å². The number of rotatable bonds is 4. The number of aromatic nitrogens is 2. The van der Waals surface area contributed by atoms with Gasteiger partial charge in [0.05, 0.1) is 11.0 Å². The second kappa shape index (κ2) is 8.97. The molecule has 1 saturated heterocycles. The third-order valence-electron chi connectivity index (χ3n) is 5.65. The number of carbonyl (C=O) groups excluding carboxylic acids is 1. The molecule has 0 saturated carbocycles. The molecule has 2 heterocycles. The molecule has 1 aromatic heterocycles. The molecule has 1 unspecified atom stereocenters. The van der Waals surface area contributed by atoms with E-state index in [1.54, 1.807) is 0 Å². The summed E-state index contributed by atoms with van der Waals surface area (Å²) in [5.41, 5.74) is 9.65. The number of piperidine rings is 1. The Morgan fingerprint density at radius 3 is 2.59 bits per heavy atom. The zero-order valence-corrected chi connectivity index (χ0v) is 17.9. The fourth-order valence-electron chi connectivity index (χ4n) is 4.23. The summed E-state index contributed by atoms with van der Waals surface area (Å²) < 4.78 is 2.34. The molecule has 0 aliphatic carbocycles. The molecular weight excluding hydrogens is 384 g/mol. The fraction of sp³-hybridized carbons (Fsp3) is 0.391. The summed E-state index contributed by atoms with van der Waals surface area (Å²) >= 11 is 0. The highest BCUT2D eigenvalue weighted by atomic mass is 35.5. The largest absolute Gasteiger partial charge is 0.338 e. The van der Waals surface area contributed by atoms with E-state index in [0.29, 0.717) is 19.1 Å². The molecule has 1 fully saturated rings. The minimum atomic E-state index is 0. The third kappa shape index (κ3) is 4.16. The van der Waals surface area contributed by atoms with Gasteiger partial charge in [-0.1, -0.05) is 24.3 Å². The van der Waals surface area contributed by atoms with Crippen LogP contribution in [0.4, 0.5) is 0 Å². The summed E-state index contributed by atoms with van der Waals surface area (Å²) in [5.74, 6) is 1.46. The normalized spacial score (nSPS) is 16.8. The average Bonchev–Trinajstić information content (AvgIpc) is 3.13. The monoisotopic (exact) mass is 412 g/mol. The highest BCUT2D eigenvalue weighted by Gasteiger charge is 2.29. The first-order chi connectivity index (χ1) is 13.6. The molecule has 5 nitrogen and oxygen atoms in total. The molecule has 154 valence electrons. The molecule has 4 rings (SSSR count). The number of likely N-dealkylation sites (tertiary alicyclic amines) is 1. The first kappa shape index (κ1) is 21.3. The van der Waals surface area contributed by atoms with Crippen molar-refractivity contribution in [3.63, 3.8) is 0 Å². The number of halogens is 1. The smallest absolute Gasteiger partial charge is 0.253 e. The number of amides is 1. The summed E-state index contributed by atoms with van der Waals surface area (Å²) in [6.07, 6.45) is 2.06. The lowest BCUT2D eigenvalue weighted by Gasteiger charge is -2.33. The van der Waals surface area contributed by atoms with Crippen LogP contribution in [0.2, 0.25) is 0 Å². The van der Waals surface area contributed by atoms with Gasteiger partial charge in [0, 0.05) is 37.2 Å². The van der Waals surface area contributed by atoms with E-state index < -0.39 is 0 Å². The standard InChI is InChI=1S/C23H28N4O.ClH/c1-16(2)27-21-8-4-3-7-20(21)25-22(27)19-6-5-13-26(15-19)23(28)18-11-9-17(14-24)10-12-18;/h3-4,7-12,16,19H,5-6,13-15,24H2,1-2H3;1H. The molecule has 2 N–H and O–H groups in total. The molecule has 29 heavy (non-hydrogen) atoms. The molecule has 1 aliphatic rings. The van der Waals surface area contributed by atoms with E-state index in [2.05, 4.69) is 36.6 Å². The lowest BCUT2D eigenvalue weighted by Crippen LogP contribution is -2.39. The minimum absolute atomic E-state index is 0. The SMILES string of the molecule is CC(C)n1c(C2CCCN(C(=O)c3ccc(CN)cc3)C2)nc2ccccc21.Cl. The maximum atomic E-state index is 13.0. The van der Waals surface area contributed by atoms with Crippen molar-refractivity contribution in [2.45, 2.75) is 45.2 Å². The van der Waals surface area contributed by atoms with Crippen molar-refractivity contribution in [2.75, 3.05) is 13.1 Å². The summed E-state index contributed by atoms with van der Waals surface area (Å²) in [4.78, 5) is 20.0. The van der Waals surface area contributed by atoms with Gasteiger partial charge in [0.15, 0.2) is 0 Å². The average molecular weight is 413 g/mol. The third-order valence-corrected chi connectivity index (χ3v) is 5.65. The Morgan fingerprint density at radius 2 is 1.90 bits per heavy atom. The Bertz CT molecular complexity index is 980. The predicted octanol–water partition coefficient (Wildman–Crippen LogP) is 4.52. The molecule has 1 atom stereocenters. The molecule has 1 amide bonds. The van der Waals surface area contributed by atoms with Crippen molar-refractivity contribution in [1.82, 2.24) is 14.5 Å². The van der Waals surface area contributed by atoms with Crippen LogP contribution in [0.25, 0.3) is 11.0 Å². The number of nitrogens with two attached hydrogens (primary N) is 1. The van der Waals surface area contributed by atoms with Gasteiger partial charge in [-0.05, 0) is 56.5 Å². The van der Waals surface area contributed by atoms with Gasteiger partial charge in [-0.15, -0.1) is 12.4 Å². The summed E-state index contributed by atoms with van der Waals surface area (Å²) in [5, 5.41) is 0. The lowest BCUT2D eigenvalue weighted by molar-refractivity contribution is 0.0703. The molecule has 0 bridgehead atoms. The number of benzene rings is 2. The lowest BCUT2D eigenvalue weighted by atomic mass is 9.96. The van der Waals surface area contributed by atoms with Crippen LogP contribution in [-0.2, 0) is 6.54 Å². The molecule has 0 radical (unpaired) electrons. The van der Waals surface area contributed by atoms with Crippen molar-refractivity contribution in [2.24, 2.45) is 5.73 Å².